The smallest absolute Gasteiger partial charge is 0.191 e. The number of hydrogen-bond donors (Lipinski definition) is 2. The summed E-state index contributed by atoms with van der Waals surface area (Å²) in [6, 6.07) is 0.822. The Kier molecular flexibility index (Phi) is 9.78. The zero-order valence-corrected chi connectivity index (χ0v) is 18.7. The molecule has 0 saturated heterocycles. The fraction of sp³-hybridized carbons (Fsp3) is 0.778. The van der Waals surface area contributed by atoms with Gasteiger partial charge in [0.25, 0.3) is 0 Å². The lowest BCUT2D eigenvalue weighted by atomic mass is 9.84. The van der Waals surface area contributed by atoms with Crippen LogP contribution in [0.25, 0.3) is 0 Å². The van der Waals surface area contributed by atoms with Crippen LogP contribution >= 0.6 is 24.0 Å². The Bertz CT molecular complexity index is 519. The van der Waals surface area contributed by atoms with Gasteiger partial charge in [-0.3, -0.25) is 9.67 Å². The van der Waals surface area contributed by atoms with Gasteiger partial charge in [0.2, 0.25) is 0 Å². The van der Waals surface area contributed by atoms with E-state index in [1.165, 1.54) is 37.7 Å². The monoisotopic (exact) mass is 462 g/mol. The highest BCUT2D eigenvalue weighted by Gasteiger charge is 2.21. The number of aromatic nitrogens is 2. The fourth-order valence-corrected chi connectivity index (χ4v) is 3.51. The van der Waals surface area contributed by atoms with Crippen LogP contribution in [0.15, 0.2) is 17.4 Å². The summed E-state index contributed by atoms with van der Waals surface area (Å²) in [5.74, 6) is 1.83. The van der Waals surface area contributed by atoms with Crippen molar-refractivity contribution in [3.63, 3.8) is 0 Å². The molecule has 1 unspecified atom stereocenters. The van der Waals surface area contributed by atoms with Crippen molar-refractivity contribution < 1.29 is 0 Å². The first-order valence-electron chi connectivity index (χ1n) is 9.15. The molecule has 1 aliphatic carbocycles. The van der Waals surface area contributed by atoms with Gasteiger partial charge >= 0.3 is 0 Å². The number of rotatable bonds is 6. The minimum absolute atomic E-state index is 0. The zero-order valence-electron chi connectivity index (χ0n) is 16.3. The van der Waals surface area contributed by atoms with E-state index in [9.17, 15) is 0 Å². The molecule has 2 N–H and O–H groups in total. The molecule has 0 aromatic carbocycles. The van der Waals surface area contributed by atoms with E-state index in [2.05, 4.69) is 52.8 Å². The maximum Gasteiger partial charge on any atom is 0.191 e. The van der Waals surface area contributed by atoms with Gasteiger partial charge in [0.15, 0.2) is 5.96 Å². The van der Waals surface area contributed by atoms with E-state index < -0.39 is 0 Å². The van der Waals surface area contributed by atoms with Crippen LogP contribution in [0.1, 0.15) is 50.6 Å². The van der Waals surface area contributed by atoms with Crippen LogP contribution in [0.4, 0.5) is 0 Å². The maximum absolute atomic E-state index is 4.41. The lowest BCUT2D eigenvalue weighted by Crippen LogP contribution is -2.46. The molecule has 0 amide bonds. The average molecular weight is 462 g/mol. The first-order valence-corrected chi connectivity index (χ1v) is 9.15. The third kappa shape index (κ3) is 6.77. The van der Waals surface area contributed by atoms with Gasteiger partial charge in [-0.2, -0.15) is 5.10 Å². The largest absolute Gasteiger partial charge is 0.354 e. The summed E-state index contributed by atoms with van der Waals surface area (Å²) in [6.07, 6.45) is 10.5. The Balaban J connectivity index is 0.00000312. The number of halogens is 1. The topological polar surface area (TPSA) is 57.5 Å². The Morgan fingerprint density at radius 1 is 1.36 bits per heavy atom. The standard InChI is InChI=1S/C18H34N6.HI/c1-6-14-7-9-16(10-8-14)22-18(19-2)20-12-17(23(3)4)15-11-21-24(5)13-15;/h11,13-14,16-17H,6-10,12H2,1-5H3,(H2,19,20,22);1H. The minimum atomic E-state index is 0. The van der Waals surface area contributed by atoms with E-state index in [0.29, 0.717) is 6.04 Å². The highest BCUT2D eigenvalue weighted by Crippen LogP contribution is 2.26. The second kappa shape index (κ2) is 11.0. The van der Waals surface area contributed by atoms with E-state index in [1.54, 1.807) is 0 Å². The molecular weight excluding hydrogens is 427 g/mol. The summed E-state index contributed by atoms with van der Waals surface area (Å²) in [5.41, 5.74) is 1.22. The van der Waals surface area contributed by atoms with Crippen LogP contribution in [0, 0.1) is 5.92 Å². The van der Waals surface area contributed by atoms with Crippen molar-refractivity contribution in [1.29, 1.82) is 0 Å². The quantitative estimate of drug-likeness (QED) is 0.388. The van der Waals surface area contributed by atoms with Gasteiger partial charge in [0.1, 0.15) is 0 Å². The predicted molar refractivity (Wildman–Crippen MR) is 116 cm³/mol. The molecule has 0 radical (unpaired) electrons. The van der Waals surface area contributed by atoms with Crippen LogP contribution in [0.5, 0.6) is 0 Å². The van der Waals surface area contributed by atoms with Crippen molar-refractivity contribution in [2.24, 2.45) is 18.0 Å². The van der Waals surface area contributed by atoms with E-state index >= 15 is 0 Å². The molecule has 0 spiro atoms. The summed E-state index contributed by atoms with van der Waals surface area (Å²) in [4.78, 5) is 6.62. The number of nitrogens with zero attached hydrogens (tertiary/aromatic N) is 4. The molecule has 1 fully saturated rings. The van der Waals surface area contributed by atoms with Crippen LogP contribution in [0.2, 0.25) is 0 Å². The molecule has 1 heterocycles. The second-order valence-electron chi connectivity index (χ2n) is 7.15. The molecule has 25 heavy (non-hydrogen) atoms. The van der Waals surface area contributed by atoms with E-state index in [0.717, 1.165) is 18.4 Å². The van der Waals surface area contributed by atoms with Crippen molar-refractivity contribution in [2.75, 3.05) is 27.7 Å². The van der Waals surface area contributed by atoms with Gasteiger partial charge in [-0.05, 0) is 45.7 Å². The molecule has 1 aliphatic rings. The van der Waals surface area contributed by atoms with Crippen LogP contribution < -0.4 is 10.6 Å². The lowest BCUT2D eigenvalue weighted by Gasteiger charge is -2.30. The molecule has 6 nitrogen and oxygen atoms in total. The molecule has 2 rings (SSSR count). The van der Waals surface area contributed by atoms with Crippen molar-refractivity contribution in [2.45, 2.75) is 51.1 Å². The third-order valence-electron chi connectivity index (χ3n) is 5.18. The van der Waals surface area contributed by atoms with Crippen molar-refractivity contribution in [3.8, 4) is 0 Å². The molecular formula is C18H35IN6. The van der Waals surface area contributed by atoms with Crippen LogP contribution in [-0.4, -0.2) is 54.4 Å². The number of aliphatic imine (C=N–C) groups is 1. The van der Waals surface area contributed by atoms with Gasteiger partial charge < -0.3 is 15.5 Å². The zero-order chi connectivity index (χ0) is 17.5. The summed E-state index contributed by atoms with van der Waals surface area (Å²) in [7, 11) is 8.00. The molecule has 1 aromatic rings. The van der Waals surface area contributed by atoms with Crippen LogP contribution in [0.3, 0.4) is 0 Å². The average Bonchev–Trinajstić information content (AvgIpc) is 3.00. The predicted octanol–water partition coefficient (Wildman–Crippen LogP) is 2.77. The van der Waals surface area contributed by atoms with Gasteiger partial charge in [0.05, 0.1) is 12.2 Å². The SMILES string of the molecule is CCC1CCC(NC(=NC)NCC(c2cnn(C)c2)N(C)C)CC1.I. The number of nitrogens with one attached hydrogen (secondary N) is 2. The maximum atomic E-state index is 4.41. The molecule has 0 bridgehead atoms. The van der Waals surface area contributed by atoms with Crippen molar-refractivity contribution >= 4 is 29.9 Å². The molecule has 1 saturated carbocycles. The first kappa shape index (κ1) is 22.2. The van der Waals surface area contributed by atoms with E-state index in [1.807, 2.05) is 25.0 Å². The molecule has 1 atom stereocenters. The number of aryl methyl sites for hydroxylation is 1. The highest BCUT2D eigenvalue weighted by molar-refractivity contribution is 14.0. The Morgan fingerprint density at radius 3 is 2.52 bits per heavy atom. The molecule has 7 heteroatoms. The van der Waals surface area contributed by atoms with Gasteiger partial charge in [-0.25, -0.2) is 0 Å². The molecule has 144 valence electrons. The van der Waals surface area contributed by atoms with Crippen molar-refractivity contribution in [3.05, 3.63) is 18.0 Å². The minimum Gasteiger partial charge on any atom is -0.354 e. The molecule has 1 aromatic heterocycles. The summed E-state index contributed by atoms with van der Waals surface area (Å²) < 4.78 is 1.85. The van der Waals surface area contributed by atoms with Gasteiger partial charge in [0, 0.05) is 38.4 Å². The Labute approximate surface area is 169 Å². The van der Waals surface area contributed by atoms with Crippen molar-refractivity contribution in [1.82, 2.24) is 25.3 Å². The summed E-state index contributed by atoms with van der Waals surface area (Å²) in [5, 5.41) is 11.4. The highest BCUT2D eigenvalue weighted by atomic mass is 127. The third-order valence-corrected chi connectivity index (χ3v) is 5.18. The second-order valence-corrected chi connectivity index (χ2v) is 7.15. The van der Waals surface area contributed by atoms with E-state index in [4.69, 9.17) is 0 Å². The first-order chi connectivity index (χ1) is 11.5. The Hall–Kier alpha value is -0.830. The lowest BCUT2D eigenvalue weighted by molar-refractivity contribution is 0.292. The normalized spacial score (nSPS) is 22.4. The number of likely N-dealkylation sites (N-methyl/N-ethyl adjacent to an activating group) is 1. The summed E-state index contributed by atoms with van der Waals surface area (Å²) in [6.45, 7) is 3.11. The van der Waals surface area contributed by atoms with Crippen LogP contribution in [-0.2, 0) is 7.05 Å². The van der Waals surface area contributed by atoms with E-state index in [-0.39, 0.29) is 30.0 Å². The number of hydrogen-bond acceptors (Lipinski definition) is 3. The Morgan fingerprint density at radius 2 is 2.04 bits per heavy atom. The fourth-order valence-electron chi connectivity index (χ4n) is 3.51. The van der Waals surface area contributed by atoms with Gasteiger partial charge in [-0.15, -0.1) is 24.0 Å². The molecule has 0 aliphatic heterocycles. The van der Waals surface area contributed by atoms with Gasteiger partial charge in [-0.1, -0.05) is 13.3 Å². The summed E-state index contributed by atoms with van der Waals surface area (Å²) >= 11 is 0. The number of guanidine groups is 1.